The highest BCUT2D eigenvalue weighted by Crippen LogP contribution is 2.32. The smallest absolute Gasteiger partial charge is 0.161 e. The summed E-state index contributed by atoms with van der Waals surface area (Å²) in [5.41, 5.74) is 8.28. The average molecular weight is 209 g/mol. The van der Waals surface area contributed by atoms with Crippen LogP contribution in [0.5, 0.6) is 11.5 Å². The molecule has 0 unspecified atom stereocenters. The highest BCUT2D eigenvalue weighted by atomic mass is 16.5. The third-order valence-electron chi connectivity index (χ3n) is 2.61. The molecule has 0 aromatic heterocycles. The number of hydrogen-bond donors (Lipinski definition) is 1. The minimum atomic E-state index is 0.0600. The topological polar surface area (TPSA) is 44.5 Å². The number of methoxy groups -OCH3 is 2. The normalized spacial score (nSPS) is 12.3. The molecule has 0 radical (unpaired) electrons. The number of nitrogens with two attached hydrogens (primary N) is 1. The van der Waals surface area contributed by atoms with E-state index in [0.29, 0.717) is 0 Å². The van der Waals surface area contributed by atoms with Crippen LogP contribution < -0.4 is 15.2 Å². The summed E-state index contributed by atoms with van der Waals surface area (Å²) in [4.78, 5) is 0. The van der Waals surface area contributed by atoms with E-state index in [1.165, 1.54) is 0 Å². The quantitative estimate of drug-likeness (QED) is 0.828. The van der Waals surface area contributed by atoms with Gasteiger partial charge in [0.25, 0.3) is 0 Å². The van der Waals surface area contributed by atoms with E-state index in [1.807, 2.05) is 19.1 Å². The minimum Gasteiger partial charge on any atom is -0.493 e. The Balaban J connectivity index is 3.19. The maximum Gasteiger partial charge on any atom is 0.161 e. The molecule has 0 aliphatic carbocycles. The number of ether oxygens (including phenoxy) is 2. The van der Waals surface area contributed by atoms with Crippen LogP contribution >= 0.6 is 0 Å². The lowest BCUT2D eigenvalue weighted by Gasteiger charge is -2.16. The van der Waals surface area contributed by atoms with Gasteiger partial charge in [0.1, 0.15) is 0 Å². The molecule has 1 aromatic rings. The largest absolute Gasteiger partial charge is 0.493 e. The van der Waals surface area contributed by atoms with Crippen molar-refractivity contribution < 1.29 is 9.47 Å². The Morgan fingerprint density at radius 1 is 1.20 bits per heavy atom. The van der Waals surface area contributed by atoms with E-state index < -0.39 is 0 Å². The van der Waals surface area contributed by atoms with Crippen molar-refractivity contribution in [2.24, 2.45) is 5.73 Å². The molecule has 1 atom stereocenters. The van der Waals surface area contributed by atoms with Crippen molar-refractivity contribution in [3.05, 3.63) is 23.3 Å². The van der Waals surface area contributed by atoms with Gasteiger partial charge in [0.15, 0.2) is 11.5 Å². The zero-order valence-electron chi connectivity index (χ0n) is 9.83. The molecule has 0 bridgehead atoms. The molecule has 0 spiro atoms. The summed E-state index contributed by atoms with van der Waals surface area (Å²) in [7, 11) is 3.27. The fraction of sp³-hybridized carbons (Fsp3) is 0.500. The molecule has 2 N–H and O–H groups in total. The summed E-state index contributed by atoms with van der Waals surface area (Å²) >= 11 is 0. The zero-order valence-corrected chi connectivity index (χ0v) is 9.83. The fourth-order valence-electron chi connectivity index (χ4n) is 1.62. The van der Waals surface area contributed by atoms with Crippen molar-refractivity contribution in [2.75, 3.05) is 14.2 Å². The maximum absolute atomic E-state index is 6.01. The van der Waals surface area contributed by atoms with Gasteiger partial charge in [-0.2, -0.15) is 0 Å². The second-order valence-electron chi connectivity index (χ2n) is 3.58. The molecule has 1 rings (SSSR count). The lowest BCUT2D eigenvalue weighted by molar-refractivity contribution is 0.354. The lowest BCUT2D eigenvalue weighted by Crippen LogP contribution is -2.10. The van der Waals surface area contributed by atoms with Crippen molar-refractivity contribution in [3.63, 3.8) is 0 Å². The molecular weight excluding hydrogens is 190 g/mol. The van der Waals surface area contributed by atoms with Gasteiger partial charge in [0.2, 0.25) is 0 Å². The van der Waals surface area contributed by atoms with Gasteiger partial charge in [-0.05, 0) is 36.6 Å². The predicted molar refractivity (Wildman–Crippen MR) is 61.5 cm³/mol. The Bertz CT molecular complexity index is 337. The summed E-state index contributed by atoms with van der Waals surface area (Å²) in [6.45, 7) is 4.10. The molecule has 3 nitrogen and oxygen atoms in total. The standard InChI is InChI=1S/C12H19NO2/c1-5-10(13)9-7-12(15-4)11(14-3)6-8(9)2/h6-7,10H,5,13H2,1-4H3/t10-/m1/s1. The van der Waals surface area contributed by atoms with E-state index >= 15 is 0 Å². The van der Waals surface area contributed by atoms with Crippen molar-refractivity contribution in [2.45, 2.75) is 26.3 Å². The second-order valence-corrected chi connectivity index (χ2v) is 3.58. The molecule has 1 aromatic carbocycles. The summed E-state index contributed by atoms with van der Waals surface area (Å²) < 4.78 is 10.5. The van der Waals surface area contributed by atoms with Gasteiger partial charge >= 0.3 is 0 Å². The maximum atomic E-state index is 6.01. The molecule has 0 aliphatic rings. The van der Waals surface area contributed by atoms with Gasteiger partial charge in [-0.1, -0.05) is 6.92 Å². The summed E-state index contributed by atoms with van der Waals surface area (Å²) in [5, 5.41) is 0. The lowest BCUT2D eigenvalue weighted by atomic mass is 9.99. The van der Waals surface area contributed by atoms with Crippen LogP contribution in [0.4, 0.5) is 0 Å². The Labute approximate surface area is 91.2 Å². The van der Waals surface area contributed by atoms with Gasteiger partial charge in [-0.15, -0.1) is 0 Å². The van der Waals surface area contributed by atoms with E-state index in [1.54, 1.807) is 14.2 Å². The van der Waals surface area contributed by atoms with Crippen LogP contribution in [0.15, 0.2) is 12.1 Å². The number of hydrogen-bond acceptors (Lipinski definition) is 3. The van der Waals surface area contributed by atoms with Crippen molar-refractivity contribution >= 4 is 0 Å². The van der Waals surface area contributed by atoms with E-state index in [0.717, 1.165) is 29.0 Å². The summed E-state index contributed by atoms with van der Waals surface area (Å²) in [6, 6.07) is 3.98. The predicted octanol–water partition coefficient (Wildman–Crippen LogP) is 2.42. The van der Waals surface area contributed by atoms with Gasteiger partial charge in [-0.3, -0.25) is 0 Å². The van der Waals surface area contributed by atoms with E-state index in [2.05, 4.69) is 6.92 Å². The first-order valence-corrected chi connectivity index (χ1v) is 5.12. The minimum absolute atomic E-state index is 0.0600. The van der Waals surface area contributed by atoms with Crippen LogP contribution in [0, 0.1) is 6.92 Å². The number of aryl methyl sites for hydroxylation is 1. The monoisotopic (exact) mass is 209 g/mol. The Hall–Kier alpha value is -1.22. The molecule has 3 heteroatoms. The molecular formula is C12H19NO2. The van der Waals surface area contributed by atoms with Crippen LogP contribution in [-0.4, -0.2) is 14.2 Å². The van der Waals surface area contributed by atoms with Crippen LogP contribution in [0.25, 0.3) is 0 Å². The van der Waals surface area contributed by atoms with Gasteiger partial charge < -0.3 is 15.2 Å². The highest BCUT2D eigenvalue weighted by Gasteiger charge is 2.12. The van der Waals surface area contributed by atoms with Gasteiger partial charge in [0.05, 0.1) is 14.2 Å². The fourth-order valence-corrected chi connectivity index (χ4v) is 1.62. The second kappa shape index (κ2) is 5.03. The van der Waals surface area contributed by atoms with E-state index in [4.69, 9.17) is 15.2 Å². The van der Waals surface area contributed by atoms with E-state index in [-0.39, 0.29) is 6.04 Å². The molecule has 84 valence electrons. The van der Waals surface area contributed by atoms with E-state index in [9.17, 15) is 0 Å². The van der Waals surface area contributed by atoms with Crippen molar-refractivity contribution in [1.82, 2.24) is 0 Å². The Morgan fingerprint density at radius 3 is 2.20 bits per heavy atom. The highest BCUT2D eigenvalue weighted by molar-refractivity contribution is 5.47. The van der Waals surface area contributed by atoms with Crippen molar-refractivity contribution in [1.29, 1.82) is 0 Å². The number of rotatable bonds is 4. The molecule has 15 heavy (non-hydrogen) atoms. The van der Waals surface area contributed by atoms with Gasteiger partial charge in [0, 0.05) is 6.04 Å². The summed E-state index contributed by atoms with van der Waals surface area (Å²) in [6.07, 6.45) is 0.913. The van der Waals surface area contributed by atoms with Crippen LogP contribution in [0.1, 0.15) is 30.5 Å². The Kier molecular flexibility index (Phi) is 3.97. The summed E-state index contributed by atoms with van der Waals surface area (Å²) in [5.74, 6) is 1.49. The molecule has 0 amide bonds. The van der Waals surface area contributed by atoms with Crippen LogP contribution in [0.3, 0.4) is 0 Å². The Morgan fingerprint density at radius 2 is 1.73 bits per heavy atom. The van der Waals surface area contributed by atoms with Crippen LogP contribution in [0.2, 0.25) is 0 Å². The number of benzene rings is 1. The third-order valence-corrected chi connectivity index (χ3v) is 2.61. The zero-order chi connectivity index (χ0) is 11.4. The van der Waals surface area contributed by atoms with Gasteiger partial charge in [-0.25, -0.2) is 0 Å². The first kappa shape index (κ1) is 11.9. The molecule has 0 aliphatic heterocycles. The average Bonchev–Trinajstić information content (AvgIpc) is 2.27. The molecule has 0 saturated heterocycles. The first-order valence-electron chi connectivity index (χ1n) is 5.12. The SMILES string of the molecule is CC[C@@H](N)c1cc(OC)c(OC)cc1C. The molecule has 0 saturated carbocycles. The van der Waals surface area contributed by atoms with Crippen LogP contribution in [-0.2, 0) is 0 Å². The molecule has 0 fully saturated rings. The third kappa shape index (κ3) is 2.42. The molecule has 0 heterocycles. The van der Waals surface area contributed by atoms with Crippen molar-refractivity contribution in [3.8, 4) is 11.5 Å². The first-order chi connectivity index (χ1) is 7.13.